The first-order valence-electron chi connectivity index (χ1n) is 11.7. The Hall–Kier alpha value is -4.74. The average molecular weight is 559 g/mol. The minimum absolute atomic E-state index is 0.0811. The molecular weight excluding hydrogens is 536 g/mol. The second kappa shape index (κ2) is 10.9. The number of carbonyl (C=O) groups excluding carboxylic acids is 2. The van der Waals surface area contributed by atoms with Crippen LogP contribution in [-0.4, -0.2) is 36.9 Å². The number of benzene rings is 4. The number of fused-ring (bicyclic) bond motifs is 1. The largest absolute Gasteiger partial charge is 0.506 e. The number of aromatic hydroxyl groups is 1. The third kappa shape index (κ3) is 5.59. The summed E-state index contributed by atoms with van der Waals surface area (Å²) < 4.78 is 29.3. The number of nitrogens with one attached hydrogen (secondary N) is 2. The van der Waals surface area contributed by atoms with Crippen LogP contribution >= 0.6 is 11.3 Å². The van der Waals surface area contributed by atoms with E-state index in [1.807, 2.05) is 0 Å². The highest BCUT2D eigenvalue weighted by Crippen LogP contribution is 2.37. The Balaban J connectivity index is 1.29. The SMILES string of the molecule is O=C(CNC(=O)c1ccc(S(=O)(=O)N(c2ccccc2)c2ccccc2O)cc1)Nc1ccc2ncsc2c1. The third-order valence-corrected chi connectivity index (χ3v) is 8.32. The van der Waals surface area contributed by atoms with Crippen molar-refractivity contribution in [2.75, 3.05) is 16.2 Å². The second-order valence-corrected chi connectivity index (χ2v) is 11.1. The number of para-hydroxylation sites is 3. The van der Waals surface area contributed by atoms with Crippen molar-refractivity contribution in [3.05, 3.63) is 108 Å². The van der Waals surface area contributed by atoms with Gasteiger partial charge in [0.15, 0.2) is 0 Å². The molecule has 3 N–H and O–H groups in total. The van der Waals surface area contributed by atoms with E-state index >= 15 is 0 Å². The summed E-state index contributed by atoms with van der Waals surface area (Å²) in [4.78, 5) is 29.1. The molecule has 4 aromatic carbocycles. The highest BCUT2D eigenvalue weighted by atomic mass is 32.2. The van der Waals surface area contributed by atoms with Crippen molar-refractivity contribution in [3.63, 3.8) is 0 Å². The Morgan fingerprint density at radius 1 is 0.897 bits per heavy atom. The van der Waals surface area contributed by atoms with Crippen LogP contribution in [-0.2, 0) is 14.8 Å². The van der Waals surface area contributed by atoms with Gasteiger partial charge in [0.1, 0.15) is 5.75 Å². The first kappa shape index (κ1) is 25.9. The van der Waals surface area contributed by atoms with Gasteiger partial charge in [-0.15, -0.1) is 11.3 Å². The summed E-state index contributed by atoms with van der Waals surface area (Å²) in [5, 5.41) is 15.7. The Kier molecular flexibility index (Phi) is 7.26. The van der Waals surface area contributed by atoms with Gasteiger partial charge in [-0.2, -0.15) is 0 Å². The Morgan fingerprint density at radius 3 is 2.36 bits per heavy atom. The predicted molar refractivity (Wildman–Crippen MR) is 151 cm³/mol. The molecule has 0 unspecified atom stereocenters. The topological polar surface area (TPSA) is 129 Å². The number of anilines is 3. The van der Waals surface area contributed by atoms with Crippen molar-refractivity contribution in [2.45, 2.75) is 4.90 Å². The lowest BCUT2D eigenvalue weighted by Crippen LogP contribution is -2.33. The highest BCUT2D eigenvalue weighted by molar-refractivity contribution is 7.93. The first-order chi connectivity index (χ1) is 18.8. The van der Waals surface area contributed by atoms with Crippen LogP contribution in [0.25, 0.3) is 10.2 Å². The number of sulfonamides is 1. The molecule has 0 aliphatic carbocycles. The van der Waals surface area contributed by atoms with Gasteiger partial charge in [0.25, 0.3) is 15.9 Å². The summed E-state index contributed by atoms with van der Waals surface area (Å²) in [7, 11) is -4.17. The Morgan fingerprint density at radius 2 is 1.62 bits per heavy atom. The maximum Gasteiger partial charge on any atom is 0.268 e. The maximum atomic E-state index is 13.7. The molecule has 196 valence electrons. The number of rotatable bonds is 8. The van der Waals surface area contributed by atoms with Crippen LogP contribution in [0.5, 0.6) is 5.75 Å². The van der Waals surface area contributed by atoms with Crippen LogP contribution in [0.4, 0.5) is 17.1 Å². The number of amides is 2. The zero-order valence-corrected chi connectivity index (χ0v) is 21.9. The highest BCUT2D eigenvalue weighted by Gasteiger charge is 2.28. The number of carbonyl (C=O) groups is 2. The van der Waals surface area contributed by atoms with E-state index in [0.29, 0.717) is 11.4 Å². The molecule has 1 aromatic heterocycles. The summed E-state index contributed by atoms with van der Waals surface area (Å²) >= 11 is 1.46. The molecule has 9 nitrogen and oxygen atoms in total. The zero-order chi connectivity index (χ0) is 27.4. The molecule has 0 bridgehead atoms. The standard InChI is InChI=1S/C28H22N4O5S2/c33-25-9-5-4-8-24(25)32(21-6-2-1-3-7-21)39(36,37)22-13-10-19(11-14-22)28(35)29-17-27(34)31-20-12-15-23-26(16-20)38-18-30-23/h1-16,18,33H,17H2,(H,29,35)(H,31,34). The lowest BCUT2D eigenvalue weighted by atomic mass is 10.2. The van der Waals surface area contributed by atoms with Crippen molar-refractivity contribution < 1.29 is 23.1 Å². The number of nitrogens with zero attached hydrogens (tertiary/aromatic N) is 2. The molecule has 0 fully saturated rings. The quantitative estimate of drug-likeness (QED) is 0.249. The van der Waals surface area contributed by atoms with Gasteiger partial charge in [-0.05, 0) is 66.7 Å². The van der Waals surface area contributed by atoms with Gasteiger partial charge in [-0.3, -0.25) is 9.59 Å². The van der Waals surface area contributed by atoms with Gasteiger partial charge in [0, 0.05) is 11.3 Å². The minimum atomic E-state index is -4.17. The number of aromatic nitrogens is 1. The van der Waals surface area contributed by atoms with Gasteiger partial charge < -0.3 is 15.7 Å². The third-order valence-electron chi connectivity index (χ3n) is 5.77. The monoisotopic (exact) mass is 558 g/mol. The Labute approximate surface area is 228 Å². The summed E-state index contributed by atoms with van der Waals surface area (Å²) in [6.45, 7) is -0.269. The van der Waals surface area contributed by atoms with E-state index in [-0.39, 0.29) is 28.4 Å². The van der Waals surface area contributed by atoms with Gasteiger partial charge >= 0.3 is 0 Å². The summed E-state index contributed by atoms with van der Waals surface area (Å²) in [6.07, 6.45) is 0. The first-order valence-corrected chi connectivity index (χ1v) is 14.0. The van der Waals surface area contributed by atoms with E-state index in [1.54, 1.807) is 66.2 Å². The van der Waals surface area contributed by atoms with Gasteiger partial charge in [0.05, 0.1) is 38.5 Å². The van der Waals surface area contributed by atoms with Crippen LogP contribution < -0.4 is 14.9 Å². The molecule has 1 heterocycles. The molecule has 39 heavy (non-hydrogen) atoms. The maximum absolute atomic E-state index is 13.7. The lowest BCUT2D eigenvalue weighted by molar-refractivity contribution is -0.115. The summed E-state index contributed by atoms with van der Waals surface area (Å²) in [6, 6.07) is 25.2. The number of hydrogen-bond donors (Lipinski definition) is 3. The van der Waals surface area contributed by atoms with Crippen LogP contribution in [0.1, 0.15) is 10.4 Å². The molecule has 0 saturated heterocycles. The van der Waals surface area contributed by atoms with Crippen molar-refractivity contribution in [1.29, 1.82) is 0 Å². The van der Waals surface area contributed by atoms with Crippen molar-refractivity contribution in [2.24, 2.45) is 0 Å². The number of phenolic OH excluding ortho intramolecular Hbond substituents is 1. The van der Waals surface area contributed by atoms with Crippen molar-refractivity contribution in [3.8, 4) is 5.75 Å². The van der Waals surface area contributed by atoms with E-state index in [2.05, 4.69) is 15.6 Å². The molecule has 0 aliphatic rings. The van der Waals surface area contributed by atoms with E-state index < -0.39 is 21.8 Å². The Bertz CT molecular complexity index is 1750. The molecule has 5 aromatic rings. The zero-order valence-electron chi connectivity index (χ0n) is 20.3. The molecular formula is C28H22N4O5S2. The molecule has 0 saturated carbocycles. The number of thiazole rings is 1. The fourth-order valence-corrected chi connectivity index (χ4v) is 6.11. The fraction of sp³-hybridized carbons (Fsp3) is 0.0357. The van der Waals surface area contributed by atoms with Crippen LogP contribution in [0.15, 0.2) is 107 Å². The summed E-state index contributed by atoms with van der Waals surface area (Å²) in [5.74, 6) is -1.15. The molecule has 2 amide bonds. The summed E-state index contributed by atoms with van der Waals surface area (Å²) in [5.41, 5.74) is 3.75. The van der Waals surface area contributed by atoms with E-state index in [9.17, 15) is 23.1 Å². The van der Waals surface area contributed by atoms with Crippen molar-refractivity contribution in [1.82, 2.24) is 10.3 Å². The number of hydrogen-bond acceptors (Lipinski definition) is 7. The molecule has 0 radical (unpaired) electrons. The average Bonchev–Trinajstić information content (AvgIpc) is 3.41. The van der Waals surface area contributed by atoms with Gasteiger partial charge in [0.2, 0.25) is 5.91 Å². The van der Waals surface area contributed by atoms with Crippen LogP contribution in [0, 0.1) is 0 Å². The molecule has 5 rings (SSSR count). The van der Waals surface area contributed by atoms with Crippen molar-refractivity contribution >= 4 is 60.5 Å². The lowest BCUT2D eigenvalue weighted by Gasteiger charge is -2.25. The van der Waals surface area contributed by atoms with Gasteiger partial charge in [-0.25, -0.2) is 17.7 Å². The second-order valence-electron chi connectivity index (χ2n) is 8.38. The molecule has 11 heteroatoms. The minimum Gasteiger partial charge on any atom is -0.506 e. The molecule has 0 atom stereocenters. The number of phenols is 1. The van der Waals surface area contributed by atoms with E-state index in [0.717, 1.165) is 14.5 Å². The molecule has 0 aliphatic heterocycles. The van der Waals surface area contributed by atoms with Crippen LogP contribution in [0.3, 0.4) is 0 Å². The van der Waals surface area contributed by atoms with Gasteiger partial charge in [-0.1, -0.05) is 30.3 Å². The fourth-order valence-electron chi connectivity index (χ4n) is 3.89. The van der Waals surface area contributed by atoms with Crippen LogP contribution in [0.2, 0.25) is 0 Å². The normalized spacial score (nSPS) is 11.2. The predicted octanol–water partition coefficient (Wildman–Crippen LogP) is 4.90. The van der Waals surface area contributed by atoms with E-state index in [4.69, 9.17) is 0 Å². The molecule has 0 spiro atoms. The smallest absolute Gasteiger partial charge is 0.268 e. The van der Waals surface area contributed by atoms with E-state index in [1.165, 1.54) is 47.7 Å².